The van der Waals surface area contributed by atoms with Crippen molar-refractivity contribution in [1.29, 1.82) is 0 Å². The average molecular weight is 316 g/mol. The van der Waals surface area contributed by atoms with Crippen LogP contribution in [-0.4, -0.2) is 35.4 Å². The summed E-state index contributed by atoms with van der Waals surface area (Å²) >= 11 is 3.45. The molecule has 1 rings (SSSR count). The molecule has 1 atom stereocenters. The summed E-state index contributed by atoms with van der Waals surface area (Å²) in [6, 6.07) is 7.18. The van der Waals surface area contributed by atoms with E-state index < -0.39 is 6.04 Å². The van der Waals surface area contributed by atoms with E-state index in [1.165, 1.54) is 0 Å². The Labute approximate surface area is 115 Å². The lowest BCUT2D eigenvalue weighted by molar-refractivity contribution is -0.122. The highest BCUT2D eigenvalue weighted by atomic mass is 79.9. The van der Waals surface area contributed by atoms with Crippen molar-refractivity contribution in [3.8, 4) is 0 Å². The zero-order valence-electron chi connectivity index (χ0n) is 10.3. The summed E-state index contributed by atoms with van der Waals surface area (Å²) < 4.78 is 0.978. The van der Waals surface area contributed by atoms with Crippen LogP contribution < -0.4 is 5.32 Å². The second kappa shape index (κ2) is 7.51. The first-order valence-corrected chi connectivity index (χ1v) is 6.63. The van der Waals surface area contributed by atoms with E-state index in [1.807, 2.05) is 31.2 Å². The van der Waals surface area contributed by atoms with E-state index >= 15 is 0 Å². The Bertz CT molecular complexity index is 394. The van der Waals surface area contributed by atoms with E-state index in [4.69, 9.17) is 10.2 Å². The zero-order valence-corrected chi connectivity index (χ0v) is 11.9. The summed E-state index contributed by atoms with van der Waals surface area (Å²) in [7, 11) is 0. The quantitative estimate of drug-likeness (QED) is 0.743. The topological polar surface area (TPSA) is 69.6 Å². The first-order chi connectivity index (χ1) is 8.58. The van der Waals surface area contributed by atoms with Crippen LogP contribution in [0.5, 0.6) is 0 Å². The van der Waals surface area contributed by atoms with Gasteiger partial charge in [-0.05, 0) is 17.5 Å². The lowest BCUT2D eigenvalue weighted by Gasteiger charge is -2.17. The molecule has 0 saturated carbocycles. The van der Waals surface area contributed by atoms with Crippen molar-refractivity contribution in [2.75, 3.05) is 13.2 Å². The molecule has 4 nitrogen and oxygen atoms in total. The Morgan fingerprint density at radius 3 is 2.50 bits per heavy atom. The highest BCUT2D eigenvalue weighted by molar-refractivity contribution is 9.10. The summed E-state index contributed by atoms with van der Waals surface area (Å²) in [4.78, 5) is 11.7. The number of aliphatic hydroxyl groups is 2. The van der Waals surface area contributed by atoms with Gasteiger partial charge in [0.1, 0.15) is 0 Å². The standard InChI is InChI=1S/C13H18BrNO3/c1-9(11-4-2-3-5-12(11)14)6-13(18)15-10(7-16)8-17/h2-5,9-10,16-17H,6-8H2,1H3,(H,15,18). The molecule has 18 heavy (non-hydrogen) atoms. The predicted molar refractivity (Wildman–Crippen MR) is 73.3 cm³/mol. The van der Waals surface area contributed by atoms with Crippen molar-refractivity contribution in [3.05, 3.63) is 34.3 Å². The van der Waals surface area contributed by atoms with Crippen LogP contribution in [0.1, 0.15) is 24.8 Å². The molecule has 5 heteroatoms. The average Bonchev–Trinajstić information content (AvgIpc) is 2.36. The Morgan fingerprint density at radius 1 is 1.33 bits per heavy atom. The third-order valence-electron chi connectivity index (χ3n) is 2.73. The fourth-order valence-corrected chi connectivity index (χ4v) is 2.37. The predicted octanol–water partition coefficient (Wildman–Crippen LogP) is 1.41. The SMILES string of the molecule is CC(CC(=O)NC(CO)CO)c1ccccc1Br. The van der Waals surface area contributed by atoms with Gasteiger partial charge in [0.05, 0.1) is 19.3 Å². The molecule has 100 valence electrons. The van der Waals surface area contributed by atoms with Gasteiger partial charge in [-0.3, -0.25) is 4.79 Å². The highest BCUT2D eigenvalue weighted by Crippen LogP contribution is 2.26. The fourth-order valence-electron chi connectivity index (χ4n) is 1.70. The van der Waals surface area contributed by atoms with Gasteiger partial charge < -0.3 is 15.5 Å². The van der Waals surface area contributed by atoms with Crippen LogP contribution in [0.15, 0.2) is 28.7 Å². The van der Waals surface area contributed by atoms with Crippen LogP contribution in [0.25, 0.3) is 0 Å². The van der Waals surface area contributed by atoms with Gasteiger partial charge in [0.2, 0.25) is 5.91 Å². The number of carbonyl (C=O) groups is 1. The van der Waals surface area contributed by atoms with Crippen molar-refractivity contribution >= 4 is 21.8 Å². The molecule has 1 aromatic carbocycles. The first kappa shape index (κ1) is 15.1. The summed E-state index contributed by atoms with van der Waals surface area (Å²) in [5.74, 6) is -0.107. The highest BCUT2D eigenvalue weighted by Gasteiger charge is 2.16. The number of hydrogen-bond donors (Lipinski definition) is 3. The second-order valence-corrected chi connectivity index (χ2v) is 5.11. The molecule has 1 amide bonds. The molecule has 0 heterocycles. The number of aliphatic hydroxyl groups excluding tert-OH is 2. The second-order valence-electron chi connectivity index (χ2n) is 4.26. The summed E-state index contributed by atoms with van der Waals surface area (Å²) in [6.45, 7) is 1.45. The van der Waals surface area contributed by atoms with Crippen LogP contribution in [-0.2, 0) is 4.79 Å². The Kier molecular flexibility index (Phi) is 6.32. The van der Waals surface area contributed by atoms with E-state index in [9.17, 15) is 4.79 Å². The molecule has 0 radical (unpaired) electrons. The number of benzene rings is 1. The van der Waals surface area contributed by atoms with Crippen LogP contribution in [0.2, 0.25) is 0 Å². The van der Waals surface area contributed by atoms with Gasteiger partial charge in [-0.25, -0.2) is 0 Å². The normalized spacial score (nSPS) is 12.5. The molecule has 0 aliphatic heterocycles. The number of hydrogen-bond acceptors (Lipinski definition) is 3. The maximum atomic E-state index is 11.7. The number of rotatable bonds is 6. The molecule has 0 bridgehead atoms. The van der Waals surface area contributed by atoms with E-state index in [0.29, 0.717) is 6.42 Å². The maximum Gasteiger partial charge on any atom is 0.220 e. The lowest BCUT2D eigenvalue weighted by Crippen LogP contribution is -2.40. The van der Waals surface area contributed by atoms with E-state index in [0.717, 1.165) is 10.0 Å². The maximum absolute atomic E-state index is 11.7. The number of halogens is 1. The monoisotopic (exact) mass is 315 g/mol. The molecule has 0 saturated heterocycles. The Hall–Kier alpha value is -0.910. The molecule has 0 aliphatic carbocycles. The van der Waals surface area contributed by atoms with Crippen molar-refractivity contribution < 1.29 is 15.0 Å². The molecule has 3 N–H and O–H groups in total. The van der Waals surface area contributed by atoms with Crippen molar-refractivity contribution in [2.45, 2.75) is 25.3 Å². The van der Waals surface area contributed by atoms with Gasteiger partial charge in [-0.2, -0.15) is 0 Å². The van der Waals surface area contributed by atoms with Crippen LogP contribution in [0.4, 0.5) is 0 Å². The fraction of sp³-hybridized carbons (Fsp3) is 0.462. The van der Waals surface area contributed by atoms with E-state index in [1.54, 1.807) is 0 Å². The molecule has 0 spiro atoms. The van der Waals surface area contributed by atoms with Crippen LogP contribution in [0, 0.1) is 0 Å². The van der Waals surface area contributed by atoms with Gasteiger partial charge in [0.25, 0.3) is 0 Å². The van der Waals surface area contributed by atoms with Crippen molar-refractivity contribution in [2.24, 2.45) is 0 Å². The summed E-state index contributed by atoms with van der Waals surface area (Å²) in [6.07, 6.45) is 0.319. The smallest absolute Gasteiger partial charge is 0.220 e. The van der Waals surface area contributed by atoms with Gasteiger partial charge in [0.15, 0.2) is 0 Å². The Balaban J connectivity index is 2.57. The molecule has 0 aliphatic rings. The molecular weight excluding hydrogens is 298 g/mol. The van der Waals surface area contributed by atoms with Gasteiger partial charge in [0, 0.05) is 10.9 Å². The van der Waals surface area contributed by atoms with E-state index in [-0.39, 0.29) is 25.0 Å². The molecular formula is C13H18BrNO3. The lowest BCUT2D eigenvalue weighted by atomic mass is 9.97. The molecule has 0 fully saturated rings. The van der Waals surface area contributed by atoms with Gasteiger partial charge >= 0.3 is 0 Å². The molecule has 0 aromatic heterocycles. The number of carbonyl (C=O) groups excluding carboxylic acids is 1. The number of amides is 1. The summed E-state index contributed by atoms with van der Waals surface area (Å²) in [5.41, 5.74) is 1.07. The van der Waals surface area contributed by atoms with Crippen LogP contribution >= 0.6 is 15.9 Å². The third kappa shape index (κ3) is 4.40. The summed E-state index contributed by atoms with van der Waals surface area (Å²) in [5, 5.41) is 20.4. The minimum Gasteiger partial charge on any atom is -0.394 e. The third-order valence-corrected chi connectivity index (χ3v) is 3.46. The molecule has 1 unspecified atom stereocenters. The Morgan fingerprint density at radius 2 is 1.94 bits per heavy atom. The minimum atomic E-state index is -0.580. The zero-order chi connectivity index (χ0) is 13.5. The van der Waals surface area contributed by atoms with Crippen molar-refractivity contribution in [1.82, 2.24) is 5.32 Å². The van der Waals surface area contributed by atoms with E-state index in [2.05, 4.69) is 21.2 Å². The van der Waals surface area contributed by atoms with Gasteiger partial charge in [-0.15, -0.1) is 0 Å². The van der Waals surface area contributed by atoms with Gasteiger partial charge in [-0.1, -0.05) is 41.1 Å². The first-order valence-electron chi connectivity index (χ1n) is 5.84. The van der Waals surface area contributed by atoms with Crippen molar-refractivity contribution in [3.63, 3.8) is 0 Å². The minimum absolute atomic E-state index is 0.0682. The number of nitrogens with one attached hydrogen (secondary N) is 1. The molecule has 1 aromatic rings. The largest absolute Gasteiger partial charge is 0.394 e. The van der Waals surface area contributed by atoms with Crippen LogP contribution in [0.3, 0.4) is 0 Å².